The average Bonchev–Trinajstić information content (AvgIpc) is 2.77. The van der Waals surface area contributed by atoms with E-state index in [4.69, 9.17) is 21.1 Å². The third-order valence-electron chi connectivity index (χ3n) is 5.53. The molecule has 1 N–H and O–H groups in total. The summed E-state index contributed by atoms with van der Waals surface area (Å²) in [5.74, 6) is 1.42. The van der Waals surface area contributed by atoms with E-state index in [0.29, 0.717) is 48.4 Å². The molecule has 6 nitrogen and oxygen atoms in total. The van der Waals surface area contributed by atoms with Gasteiger partial charge in [-0.2, -0.15) is 0 Å². The van der Waals surface area contributed by atoms with Crippen LogP contribution in [-0.2, 0) is 11.3 Å². The van der Waals surface area contributed by atoms with E-state index >= 15 is 0 Å². The summed E-state index contributed by atoms with van der Waals surface area (Å²) < 4.78 is 11.1. The first-order valence-electron chi connectivity index (χ1n) is 10.3. The highest BCUT2D eigenvalue weighted by Gasteiger charge is 2.27. The predicted octanol–water partition coefficient (Wildman–Crippen LogP) is 3.32. The molecule has 1 fully saturated rings. The molecule has 1 saturated heterocycles. The van der Waals surface area contributed by atoms with E-state index in [-0.39, 0.29) is 17.6 Å². The van der Waals surface area contributed by atoms with Crippen LogP contribution >= 0.6 is 11.6 Å². The molecular formula is C23H25ClN2O4. The number of halogens is 1. The topological polar surface area (TPSA) is 67.9 Å². The third kappa shape index (κ3) is 5.12. The van der Waals surface area contributed by atoms with Crippen molar-refractivity contribution < 1.29 is 19.1 Å². The van der Waals surface area contributed by atoms with Gasteiger partial charge in [0.15, 0.2) is 17.3 Å². The quantitative estimate of drug-likeness (QED) is 0.715. The Kier molecular flexibility index (Phi) is 6.55. The second kappa shape index (κ2) is 9.49. The minimum atomic E-state index is -0.0293. The summed E-state index contributed by atoms with van der Waals surface area (Å²) in [6.45, 7) is 3.29. The molecule has 0 atom stereocenters. The number of rotatable bonds is 6. The zero-order chi connectivity index (χ0) is 20.9. The summed E-state index contributed by atoms with van der Waals surface area (Å²) in [6, 6.07) is 12.9. The number of carbonyl (C=O) groups excluding carboxylic acids is 2. The van der Waals surface area contributed by atoms with Gasteiger partial charge in [-0.15, -0.1) is 0 Å². The van der Waals surface area contributed by atoms with Crippen LogP contribution in [0.25, 0.3) is 0 Å². The zero-order valence-electron chi connectivity index (χ0n) is 16.7. The highest BCUT2D eigenvalue weighted by molar-refractivity contribution is 6.30. The minimum Gasteiger partial charge on any atom is -0.486 e. The summed E-state index contributed by atoms with van der Waals surface area (Å²) in [4.78, 5) is 27.3. The Morgan fingerprint density at radius 1 is 1.03 bits per heavy atom. The Morgan fingerprint density at radius 2 is 1.80 bits per heavy atom. The number of ketones is 1. The molecule has 4 rings (SSSR count). The molecule has 2 aliphatic heterocycles. The van der Waals surface area contributed by atoms with Crippen molar-refractivity contribution in [3.05, 3.63) is 58.6 Å². The largest absolute Gasteiger partial charge is 0.486 e. The third-order valence-corrected chi connectivity index (χ3v) is 5.77. The van der Waals surface area contributed by atoms with Crippen LogP contribution in [-0.4, -0.2) is 49.4 Å². The summed E-state index contributed by atoms with van der Waals surface area (Å²) in [7, 11) is 0. The molecule has 0 aliphatic carbocycles. The summed E-state index contributed by atoms with van der Waals surface area (Å²) in [5.41, 5.74) is 1.64. The Labute approximate surface area is 181 Å². The summed E-state index contributed by atoms with van der Waals surface area (Å²) in [6.07, 6.45) is 1.49. The normalized spacial score (nSPS) is 16.8. The van der Waals surface area contributed by atoms with Crippen LogP contribution in [0.4, 0.5) is 0 Å². The SMILES string of the molecule is O=C(CN1CCC(C(=O)c2ccc3c(c2)OCCO3)CC1)NCc1cccc(Cl)c1. The van der Waals surface area contributed by atoms with Crippen molar-refractivity contribution in [1.82, 2.24) is 10.2 Å². The lowest BCUT2D eigenvalue weighted by atomic mass is 9.88. The number of piperidine rings is 1. The van der Waals surface area contributed by atoms with Crippen molar-refractivity contribution >= 4 is 23.3 Å². The highest BCUT2D eigenvalue weighted by Crippen LogP contribution is 2.32. The molecule has 0 saturated carbocycles. The van der Waals surface area contributed by atoms with Gasteiger partial charge < -0.3 is 14.8 Å². The smallest absolute Gasteiger partial charge is 0.234 e. The van der Waals surface area contributed by atoms with E-state index in [1.165, 1.54) is 0 Å². The Morgan fingerprint density at radius 3 is 2.57 bits per heavy atom. The second-order valence-electron chi connectivity index (χ2n) is 7.68. The number of Topliss-reactive ketones (excluding diaryl/α,β-unsaturated/α-hetero) is 1. The lowest BCUT2D eigenvalue weighted by molar-refractivity contribution is -0.122. The van der Waals surface area contributed by atoms with Crippen LogP contribution < -0.4 is 14.8 Å². The van der Waals surface area contributed by atoms with Gasteiger partial charge in [0.05, 0.1) is 6.54 Å². The molecule has 0 spiro atoms. The summed E-state index contributed by atoms with van der Waals surface area (Å²) in [5, 5.41) is 3.59. The molecule has 2 aromatic carbocycles. The van der Waals surface area contributed by atoms with E-state index in [1.807, 2.05) is 30.3 Å². The van der Waals surface area contributed by atoms with Crippen molar-refractivity contribution in [1.29, 1.82) is 0 Å². The molecule has 2 heterocycles. The molecule has 0 aromatic heterocycles. The van der Waals surface area contributed by atoms with E-state index in [1.54, 1.807) is 12.1 Å². The average molecular weight is 429 g/mol. The molecule has 0 bridgehead atoms. The van der Waals surface area contributed by atoms with Gasteiger partial charge in [0.1, 0.15) is 13.2 Å². The van der Waals surface area contributed by atoms with E-state index in [9.17, 15) is 9.59 Å². The van der Waals surface area contributed by atoms with Gasteiger partial charge in [0.25, 0.3) is 0 Å². The van der Waals surface area contributed by atoms with E-state index in [0.717, 1.165) is 31.5 Å². The molecule has 158 valence electrons. The van der Waals surface area contributed by atoms with Crippen molar-refractivity contribution in [2.75, 3.05) is 32.8 Å². The first-order valence-corrected chi connectivity index (χ1v) is 10.6. The van der Waals surface area contributed by atoms with E-state index < -0.39 is 0 Å². The fraction of sp³-hybridized carbons (Fsp3) is 0.391. The monoisotopic (exact) mass is 428 g/mol. The molecule has 2 aliphatic rings. The molecule has 1 amide bonds. The van der Waals surface area contributed by atoms with Crippen molar-refractivity contribution in [2.24, 2.45) is 5.92 Å². The number of nitrogens with one attached hydrogen (secondary N) is 1. The lowest BCUT2D eigenvalue weighted by Gasteiger charge is -2.30. The number of carbonyl (C=O) groups is 2. The molecule has 30 heavy (non-hydrogen) atoms. The fourth-order valence-electron chi connectivity index (χ4n) is 3.89. The summed E-state index contributed by atoms with van der Waals surface area (Å²) >= 11 is 5.97. The molecular weight excluding hydrogens is 404 g/mol. The highest BCUT2D eigenvalue weighted by atomic mass is 35.5. The maximum atomic E-state index is 12.9. The second-order valence-corrected chi connectivity index (χ2v) is 8.12. The lowest BCUT2D eigenvalue weighted by Crippen LogP contribution is -2.42. The number of fused-ring (bicyclic) bond motifs is 1. The Balaban J connectivity index is 1.24. The van der Waals surface area contributed by atoms with Gasteiger partial charge in [0, 0.05) is 23.0 Å². The standard InChI is InChI=1S/C23H25ClN2O4/c24-19-3-1-2-16(12-19)14-25-22(27)15-26-8-6-17(7-9-26)23(28)18-4-5-20-21(13-18)30-11-10-29-20/h1-5,12-13,17H,6-11,14-15H2,(H,25,27). The fourth-order valence-corrected chi connectivity index (χ4v) is 4.11. The number of hydrogen-bond acceptors (Lipinski definition) is 5. The van der Waals surface area contributed by atoms with Gasteiger partial charge in [-0.1, -0.05) is 23.7 Å². The van der Waals surface area contributed by atoms with E-state index in [2.05, 4.69) is 10.2 Å². The van der Waals surface area contributed by atoms with Gasteiger partial charge in [-0.05, 0) is 61.8 Å². The molecule has 0 radical (unpaired) electrons. The zero-order valence-corrected chi connectivity index (χ0v) is 17.5. The van der Waals surface area contributed by atoms with Crippen LogP contribution in [0.5, 0.6) is 11.5 Å². The number of nitrogens with zero attached hydrogens (tertiary/aromatic N) is 1. The Bertz CT molecular complexity index is 925. The number of benzene rings is 2. The van der Waals surface area contributed by atoms with Crippen molar-refractivity contribution in [2.45, 2.75) is 19.4 Å². The first kappa shape index (κ1) is 20.7. The van der Waals surface area contributed by atoms with Gasteiger partial charge in [-0.3, -0.25) is 14.5 Å². The first-order chi connectivity index (χ1) is 14.6. The van der Waals surface area contributed by atoms with Crippen molar-refractivity contribution in [3.63, 3.8) is 0 Å². The van der Waals surface area contributed by atoms with Crippen LogP contribution in [0, 0.1) is 5.92 Å². The Hall–Kier alpha value is -2.57. The van der Waals surface area contributed by atoms with Crippen LogP contribution in [0.1, 0.15) is 28.8 Å². The molecule has 7 heteroatoms. The molecule has 2 aromatic rings. The van der Waals surface area contributed by atoms with Crippen LogP contribution in [0.2, 0.25) is 5.02 Å². The number of hydrogen-bond donors (Lipinski definition) is 1. The minimum absolute atomic E-state index is 0.0217. The van der Waals surface area contributed by atoms with Gasteiger partial charge >= 0.3 is 0 Å². The number of amides is 1. The maximum absolute atomic E-state index is 12.9. The van der Waals surface area contributed by atoms with Gasteiger partial charge in [0.2, 0.25) is 5.91 Å². The predicted molar refractivity (Wildman–Crippen MR) is 114 cm³/mol. The number of ether oxygens (including phenoxy) is 2. The van der Waals surface area contributed by atoms with Gasteiger partial charge in [-0.25, -0.2) is 0 Å². The maximum Gasteiger partial charge on any atom is 0.234 e. The van der Waals surface area contributed by atoms with Crippen molar-refractivity contribution in [3.8, 4) is 11.5 Å². The number of likely N-dealkylation sites (tertiary alicyclic amines) is 1. The molecule has 0 unspecified atom stereocenters. The van der Waals surface area contributed by atoms with Crippen LogP contribution in [0.3, 0.4) is 0 Å². The van der Waals surface area contributed by atoms with Crippen LogP contribution in [0.15, 0.2) is 42.5 Å².